The molecule has 0 aliphatic rings. The fraction of sp³-hybridized carbons (Fsp3) is 0.400. The van der Waals surface area contributed by atoms with Gasteiger partial charge in [-0.1, -0.05) is 62.1 Å². The molecule has 2 aromatic rings. The number of thioether (sulfide) groups is 2. The maximum absolute atomic E-state index is 2.20. The van der Waals surface area contributed by atoms with Gasteiger partial charge in [0.25, 0.3) is 0 Å². The van der Waals surface area contributed by atoms with Crippen molar-refractivity contribution < 1.29 is 0 Å². The van der Waals surface area contributed by atoms with Gasteiger partial charge >= 0.3 is 0 Å². The molecule has 2 heteroatoms. The fourth-order valence-electron chi connectivity index (χ4n) is 2.32. The van der Waals surface area contributed by atoms with E-state index in [4.69, 9.17) is 0 Å². The molecule has 0 unspecified atom stereocenters. The molecule has 2 aromatic carbocycles. The van der Waals surface area contributed by atoms with Gasteiger partial charge < -0.3 is 0 Å². The molecule has 0 saturated carbocycles. The largest absolute Gasteiger partial charge is 0.126 e. The Morgan fingerprint density at radius 3 is 1.23 bits per heavy atom. The van der Waals surface area contributed by atoms with Crippen LogP contribution in [-0.2, 0) is 0 Å². The SMILES string of the molecule is c1ccc(SCCCCCCCCSc2ccccc2)cc1. The zero-order valence-electron chi connectivity index (χ0n) is 13.2. The first kappa shape index (κ1) is 17.5. The van der Waals surface area contributed by atoms with Crippen LogP contribution < -0.4 is 0 Å². The van der Waals surface area contributed by atoms with Crippen molar-refractivity contribution in [3.63, 3.8) is 0 Å². The number of hydrogen-bond donors (Lipinski definition) is 0. The number of benzene rings is 2. The molecule has 0 atom stereocenters. The Bertz CT molecular complexity index is 434. The second-order valence-electron chi connectivity index (χ2n) is 5.44. The van der Waals surface area contributed by atoms with E-state index in [1.165, 1.54) is 59.8 Å². The van der Waals surface area contributed by atoms with Crippen molar-refractivity contribution >= 4 is 23.5 Å². The van der Waals surface area contributed by atoms with Gasteiger partial charge in [-0.15, -0.1) is 23.5 Å². The van der Waals surface area contributed by atoms with Gasteiger partial charge in [0.05, 0.1) is 0 Å². The molecular weight excluding hydrogens is 304 g/mol. The Kier molecular flexibility index (Phi) is 9.28. The van der Waals surface area contributed by atoms with Crippen molar-refractivity contribution in [1.82, 2.24) is 0 Å². The van der Waals surface area contributed by atoms with E-state index in [1.54, 1.807) is 0 Å². The van der Waals surface area contributed by atoms with E-state index in [0.29, 0.717) is 0 Å². The van der Waals surface area contributed by atoms with Crippen molar-refractivity contribution in [1.29, 1.82) is 0 Å². The highest BCUT2D eigenvalue weighted by molar-refractivity contribution is 7.99. The van der Waals surface area contributed by atoms with Crippen LogP contribution in [0.3, 0.4) is 0 Å². The van der Waals surface area contributed by atoms with Gasteiger partial charge in [-0.25, -0.2) is 0 Å². The summed E-state index contributed by atoms with van der Waals surface area (Å²) >= 11 is 3.97. The van der Waals surface area contributed by atoms with Crippen LogP contribution in [0.15, 0.2) is 70.5 Å². The van der Waals surface area contributed by atoms with Gasteiger partial charge in [-0.2, -0.15) is 0 Å². The van der Waals surface area contributed by atoms with E-state index in [9.17, 15) is 0 Å². The minimum absolute atomic E-state index is 1.26. The first-order chi connectivity index (χ1) is 10.9. The molecule has 0 N–H and O–H groups in total. The van der Waals surface area contributed by atoms with Crippen LogP contribution >= 0.6 is 23.5 Å². The van der Waals surface area contributed by atoms with Crippen molar-refractivity contribution in [2.75, 3.05) is 11.5 Å². The van der Waals surface area contributed by atoms with Crippen LogP contribution in [0.2, 0.25) is 0 Å². The van der Waals surface area contributed by atoms with Crippen LogP contribution in [0.5, 0.6) is 0 Å². The van der Waals surface area contributed by atoms with E-state index < -0.39 is 0 Å². The first-order valence-corrected chi connectivity index (χ1v) is 10.3. The Hall–Kier alpha value is -0.860. The fourth-order valence-corrected chi connectivity index (χ4v) is 4.19. The third-order valence-corrected chi connectivity index (χ3v) is 5.76. The van der Waals surface area contributed by atoms with Gasteiger partial charge in [-0.05, 0) is 48.6 Å². The second-order valence-corrected chi connectivity index (χ2v) is 7.78. The molecule has 0 fully saturated rings. The molecule has 118 valence electrons. The van der Waals surface area contributed by atoms with E-state index in [-0.39, 0.29) is 0 Å². The summed E-state index contributed by atoms with van der Waals surface area (Å²) < 4.78 is 0. The van der Waals surface area contributed by atoms with E-state index in [1.807, 2.05) is 23.5 Å². The third kappa shape index (κ3) is 7.95. The summed E-state index contributed by atoms with van der Waals surface area (Å²) in [6.07, 6.45) is 8.24. The standard InChI is InChI=1S/C20H26S2/c1(3-11-17-21-19-13-7-5-8-14-19)2-4-12-18-22-20-15-9-6-10-16-20/h5-10,13-16H,1-4,11-12,17-18H2. The molecule has 0 aliphatic carbocycles. The summed E-state index contributed by atoms with van der Waals surface area (Å²) in [4.78, 5) is 2.81. The Morgan fingerprint density at radius 1 is 0.455 bits per heavy atom. The van der Waals surface area contributed by atoms with Crippen molar-refractivity contribution in [3.8, 4) is 0 Å². The zero-order chi connectivity index (χ0) is 15.3. The summed E-state index contributed by atoms with van der Waals surface area (Å²) in [6.45, 7) is 0. The molecule has 2 rings (SSSR count). The average molecular weight is 331 g/mol. The van der Waals surface area contributed by atoms with Gasteiger partial charge in [0, 0.05) is 9.79 Å². The normalized spacial score (nSPS) is 10.7. The predicted molar refractivity (Wildman–Crippen MR) is 102 cm³/mol. The maximum atomic E-state index is 2.20. The Morgan fingerprint density at radius 2 is 0.818 bits per heavy atom. The van der Waals surface area contributed by atoms with Crippen LogP contribution in [0.1, 0.15) is 38.5 Å². The molecule has 0 aliphatic heterocycles. The summed E-state index contributed by atoms with van der Waals surface area (Å²) in [5, 5.41) is 0. The molecule has 0 saturated heterocycles. The Balaban J connectivity index is 1.37. The number of hydrogen-bond acceptors (Lipinski definition) is 2. The van der Waals surface area contributed by atoms with Crippen LogP contribution in [0.4, 0.5) is 0 Å². The molecular formula is C20H26S2. The highest BCUT2D eigenvalue weighted by Gasteiger charge is 1.95. The van der Waals surface area contributed by atoms with E-state index in [2.05, 4.69) is 60.7 Å². The van der Waals surface area contributed by atoms with Crippen molar-refractivity contribution in [3.05, 3.63) is 60.7 Å². The highest BCUT2D eigenvalue weighted by atomic mass is 32.2. The number of rotatable bonds is 11. The smallest absolute Gasteiger partial charge is 0.00719 e. The monoisotopic (exact) mass is 330 g/mol. The van der Waals surface area contributed by atoms with Crippen LogP contribution in [0.25, 0.3) is 0 Å². The molecule has 22 heavy (non-hydrogen) atoms. The topological polar surface area (TPSA) is 0 Å². The lowest BCUT2D eigenvalue weighted by Crippen LogP contribution is -1.85. The molecule has 0 amide bonds. The lowest BCUT2D eigenvalue weighted by Gasteiger charge is -2.03. The van der Waals surface area contributed by atoms with Crippen LogP contribution in [-0.4, -0.2) is 11.5 Å². The maximum Gasteiger partial charge on any atom is 0.00719 e. The quantitative estimate of drug-likeness (QED) is 0.324. The van der Waals surface area contributed by atoms with Crippen molar-refractivity contribution in [2.45, 2.75) is 48.3 Å². The van der Waals surface area contributed by atoms with Crippen molar-refractivity contribution in [2.24, 2.45) is 0 Å². The molecule has 0 spiro atoms. The van der Waals surface area contributed by atoms with Gasteiger partial charge in [0.15, 0.2) is 0 Å². The number of unbranched alkanes of at least 4 members (excludes halogenated alkanes) is 5. The molecule has 0 radical (unpaired) electrons. The summed E-state index contributed by atoms with van der Waals surface area (Å²) in [7, 11) is 0. The van der Waals surface area contributed by atoms with Gasteiger partial charge in [-0.3, -0.25) is 0 Å². The molecule has 0 aromatic heterocycles. The first-order valence-electron chi connectivity index (χ1n) is 8.31. The minimum atomic E-state index is 1.26. The minimum Gasteiger partial charge on any atom is -0.126 e. The van der Waals surface area contributed by atoms with E-state index in [0.717, 1.165) is 0 Å². The lowest BCUT2D eigenvalue weighted by molar-refractivity contribution is 0.629. The highest BCUT2D eigenvalue weighted by Crippen LogP contribution is 2.21. The predicted octanol–water partition coefficient (Wildman–Crippen LogP) is 6.91. The summed E-state index contributed by atoms with van der Waals surface area (Å²) in [5.74, 6) is 2.52. The lowest BCUT2D eigenvalue weighted by atomic mass is 10.1. The second kappa shape index (κ2) is 11.7. The molecule has 0 bridgehead atoms. The van der Waals surface area contributed by atoms with Gasteiger partial charge in [0.2, 0.25) is 0 Å². The Labute approximate surface area is 144 Å². The zero-order valence-corrected chi connectivity index (χ0v) is 14.9. The summed E-state index contributed by atoms with van der Waals surface area (Å²) in [6, 6.07) is 21.5. The average Bonchev–Trinajstić information content (AvgIpc) is 2.58. The summed E-state index contributed by atoms with van der Waals surface area (Å²) in [5.41, 5.74) is 0. The van der Waals surface area contributed by atoms with E-state index >= 15 is 0 Å². The molecule has 0 nitrogen and oxygen atoms in total. The van der Waals surface area contributed by atoms with Crippen LogP contribution in [0, 0.1) is 0 Å². The van der Waals surface area contributed by atoms with Gasteiger partial charge in [0.1, 0.15) is 0 Å². The third-order valence-electron chi connectivity index (χ3n) is 3.56. The molecule has 0 heterocycles.